The minimum Gasteiger partial charge on any atom is -0.339 e. The number of hydrogen-bond donors (Lipinski definition) is 1. The van der Waals surface area contributed by atoms with Crippen molar-refractivity contribution >= 4 is 28.8 Å². The molecule has 0 aliphatic heterocycles. The number of nitrogens with zero attached hydrogens (tertiary/aromatic N) is 2. The lowest BCUT2D eigenvalue weighted by atomic mass is 10.1. The number of aromatic amines is 1. The molecule has 0 saturated carbocycles. The molecule has 0 radical (unpaired) electrons. The van der Waals surface area contributed by atoms with Gasteiger partial charge < -0.3 is 4.98 Å². The van der Waals surface area contributed by atoms with Crippen molar-refractivity contribution in [1.29, 1.82) is 0 Å². The van der Waals surface area contributed by atoms with Gasteiger partial charge in [0.1, 0.15) is 5.65 Å². The standard InChI is InChI=1S/C12H7Cl2N3O/c13-8-3-1-2-7(12(8)14)9-6-11(18)17-10(16-9)4-5-15-17/h1-6,16H. The Labute approximate surface area is 112 Å². The predicted molar refractivity (Wildman–Crippen MR) is 71.3 cm³/mol. The van der Waals surface area contributed by atoms with Crippen LogP contribution in [0.25, 0.3) is 16.9 Å². The van der Waals surface area contributed by atoms with Crippen LogP contribution in [0.15, 0.2) is 41.3 Å². The van der Waals surface area contributed by atoms with Crippen LogP contribution < -0.4 is 5.56 Å². The van der Waals surface area contributed by atoms with Gasteiger partial charge in [-0.15, -0.1) is 0 Å². The summed E-state index contributed by atoms with van der Waals surface area (Å²) in [5.74, 6) is 0. The third-order valence-electron chi connectivity index (χ3n) is 2.62. The molecule has 0 aliphatic rings. The summed E-state index contributed by atoms with van der Waals surface area (Å²) in [6.45, 7) is 0. The van der Waals surface area contributed by atoms with E-state index in [2.05, 4.69) is 10.1 Å². The Hall–Kier alpha value is -1.78. The van der Waals surface area contributed by atoms with Crippen molar-refractivity contribution in [2.75, 3.05) is 0 Å². The summed E-state index contributed by atoms with van der Waals surface area (Å²) in [5.41, 5.74) is 1.68. The van der Waals surface area contributed by atoms with Crippen LogP contribution in [-0.4, -0.2) is 14.6 Å². The number of fused-ring (bicyclic) bond motifs is 1. The molecule has 0 amide bonds. The van der Waals surface area contributed by atoms with E-state index in [-0.39, 0.29) is 5.56 Å². The van der Waals surface area contributed by atoms with Crippen LogP contribution in [0.2, 0.25) is 10.0 Å². The van der Waals surface area contributed by atoms with E-state index in [9.17, 15) is 4.79 Å². The van der Waals surface area contributed by atoms with Crippen molar-refractivity contribution in [2.24, 2.45) is 0 Å². The van der Waals surface area contributed by atoms with Gasteiger partial charge >= 0.3 is 0 Å². The number of hydrogen-bond acceptors (Lipinski definition) is 2. The number of rotatable bonds is 1. The zero-order chi connectivity index (χ0) is 12.7. The molecule has 0 saturated heterocycles. The molecule has 1 N–H and O–H groups in total. The second kappa shape index (κ2) is 4.15. The van der Waals surface area contributed by atoms with Gasteiger partial charge in [-0.25, -0.2) is 0 Å². The van der Waals surface area contributed by atoms with E-state index in [1.807, 2.05) is 0 Å². The highest BCUT2D eigenvalue weighted by molar-refractivity contribution is 6.43. The first-order valence-corrected chi connectivity index (χ1v) is 5.94. The molecule has 4 nitrogen and oxygen atoms in total. The summed E-state index contributed by atoms with van der Waals surface area (Å²) in [7, 11) is 0. The van der Waals surface area contributed by atoms with Crippen molar-refractivity contribution in [3.8, 4) is 11.3 Å². The maximum Gasteiger partial charge on any atom is 0.274 e. The second-order valence-electron chi connectivity index (χ2n) is 3.75. The highest BCUT2D eigenvalue weighted by atomic mass is 35.5. The Balaban J connectivity index is 2.32. The first-order chi connectivity index (χ1) is 8.66. The number of aromatic nitrogens is 3. The minimum absolute atomic E-state index is 0.222. The van der Waals surface area contributed by atoms with Gasteiger partial charge in [-0.1, -0.05) is 35.3 Å². The van der Waals surface area contributed by atoms with Crippen molar-refractivity contribution in [3.63, 3.8) is 0 Å². The number of H-pyrrole nitrogens is 1. The van der Waals surface area contributed by atoms with Crippen LogP contribution in [0.3, 0.4) is 0 Å². The zero-order valence-corrected chi connectivity index (χ0v) is 10.5. The van der Waals surface area contributed by atoms with Crippen LogP contribution in [0, 0.1) is 0 Å². The number of nitrogens with one attached hydrogen (secondary N) is 1. The van der Waals surface area contributed by atoms with Gasteiger partial charge in [0.25, 0.3) is 5.56 Å². The van der Waals surface area contributed by atoms with Crippen LogP contribution in [-0.2, 0) is 0 Å². The van der Waals surface area contributed by atoms with Gasteiger partial charge in [-0.2, -0.15) is 9.61 Å². The normalized spacial score (nSPS) is 11.0. The maximum atomic E-state index is 11.8. The Bertz CT molecular complexity index is 791. The lowest BCUT2D eigenvalue weighted by molar-refractivity contribution is 0.901. The first-order valence-electron chi connectivity index (χ1n) is 5.18. The molecule has 0 atom stereocenters. The fourth-order valence-corrected chi connectivity index (χ4v) is 2.19. The van der Waals surface area contributed by atoms with Crippen LogP contribution in [0.5, 0.6) is 0 Å². The van der Waals surface area contributed by atoms with Crippen molar-refractivity contribution in [1.82, 2.24) is 14.6 Å². The van der Waals surface area contributed by atoms with Crippen LogP contribution in [0.1, 0.15) is 0 Å². The zero-order valence-electron chi connectivity index (χ0n) is 9.02. The molecule has 0 fully saturated rings. The fraction of sp³-hybridized carbons (Fsp3) is 0. The monoisotopic (exact) mass is 279 g/mol. The Morgan fingerprint density at radius 2 is 2.06 bits per heavy atom. The molecule has 0 aliphatic carbocycles. The first kappa shape index (κ1) is 11.3. The molecule has 2 heterocycles. The summed E-state index contributed by atoms with van der Waals surface area (Å²) in [4.78, 5) is 14.9. The van der Waals surface area contributed by atoms with Crippen LogP contribution >= 0.6 is 23.2 Å². The molecule has 3 rings (SSSR count). The Morgan fingerprint density at radius 3 is 2.89 bits per heavy atom. The van der Waals surface area contributed by atoms with E-state index in [0.29, 0.717) is 26.9 Å². The average Bonchev–Trinajstić information content (AvgIpc) is 2.81. The third-order valence-corrected chi connectivity index (χ3v) is 3.44. The number of benzene rings is 1. The van der Waals surface area contributed by atoms with E-state index in [4.69, 9.17) is 23.2 Å². The highest BCUT2D eigenvalue weighted by Gasteiger charge is 2.09. The molecule has 18 heavy (non-hydrogen) atoms. The molecular formula is C12H7Cl2N3O. The van der Waals surface area contributed by atoms with E-state index in [0.717, 1.165) is 0 Å². The SMILES string of the molecule is O=c1cc(-c2cccc(Cl)c2Cl)[nH]c2ccnn12. The molecule has 90 valence electrons. The van der Waals surface area contributed by atoms with Gasteiger partial charge in [0.05, 0.1) is 21.9 Å². The molecule has 0 spiro atoms. The van der Waals surface area contributed by atoms with Gasteiger partial charge in [0.2, 0.25) is 0 Å². The van der Waals surface area contributed by atoms with E-state index >= 15 is 0 Å². The van der Waals surface area contributed by atoms with E-state index in [1.54, 1.807) is 30.5 Å². The predicted octanol–water partition coefficient (Wildman–Crippen LogP) is 3.00. The van der Waals surface area contributed by atoms with Gasteiger partial charge in [-0.3, -0.25) is 4.79 Å². The largest absolute Gasteiger partial charge is 0.339 e. The molecule has 0 bridgehead atoms. The summed E-state index contributed by atoms with van der Waals surface area (Å²) in [5, 5.41) is 4.77. The van der Waals surface area contributed by atoms with Gasteiger partial charge in [0.15, 0.2) is 0 Å². The van der Waals surface area contributed by atoms with E-state index in [1.165, 1.54) is 10.6 Å². The Morgan fingerprint density at radius 1 is 1.22 bits per heavy atom. The molecule has 6 heteroatoms. The quantitative estimate of drug-likeness (QED) is 0.745. The summed E-state index contributed by atoms with van der Waals surface area (Å²) < 4.78 is 1.28. The average molecular weight is 280 g/mol. The molecule has 0 unspecified atom stereocenters. The molecule has 2 aromatic heterocycles. The summed E-state index contributed by atoms with van der Waals surface area (Å²) in [6.07, 6.45) is 1.55. The smallest absolute Gasteiger partial charge is 0.274 e. The summed E-state index contributed by atoms with van der Waals surface area (Å²) in [6, 6.07) is 8.43. The van der Waals surface area contributed by atoms with Crippen molar-refractivity contribution in [3.05, 3.63) is 56.9 Å². The lowest BCUT2D eigenvalue weighted by Crippen LogP contribution is -2.14. The van der Waals surface area contributed by atoms with Gasteiger partial charge in [-0.05, 0) is 6.07 Å². The number of halogens is 2. The topological polar surface area (TPSA) is 50.2 Å². The van der Waals surface area contributed by atoms with E-state index < -0.39 is 0 Å². The molecular weight excluding hydrogens is 273 g/mol. The minimum atomic E-state index is -0.222. The van der Waals surface area contributed by atoms with Crippen molar-refractivity contribution < 1.29 is 0 Å². The fourth-order valence-electron chi connectivity index (χ4n) is 1.79. The second-order valence-corrected chi connectivity index (χ2v) is 4.54. The lowest BCUT2D eigenvalue weighted by Gasteiger charge is -2.06. The summed E-state index contributed by atoms with van der Waals surface area (Å²) >= 11 is 12.1. The molecule has 3 aromatic rings. The van der Waals surface area contributed by atoms with Gasteiger partial charge in [0, 0.05) is 17.7 Å². The van der Waals surface area contributed by atoms with Crippen molar-refractivity contribution in [2.45, 2.75) is 0 Å². The highest BCUT2D eigenvalue weighted by Crippen LogP contribution is 2.31. The Kier molecular flexibility index (Phi) is 2.61. The van der Waals surface area contributed by atoms with Crippen LogP contribution in [0.4, 0.5) is 0 Å². The third kappa shape index (κ3) is 1.70. The molecule has 1 aromatic carbocycles. The maximum absolute atomic E-state index is 11.8.